The van der Waals surface area contributed by atoms with Crippen molar-refractivity contribution >= 4 is 20.1 Å². The molecule has 0 aromatic carbocycles. The minimum atomic E-state index is -2.37. The molecule has 0 bridgehead atoms. The number of aliphatic hydroxyl groups excluding tert-OH is 1. The summed E-state index contributed by atoms with van der Waals surface area (Å²) in [6.07, 6.45) is 1.65. The number of carbonyl (C=O) groups is 2. The molecule has 0 radical (unpaired) electrons. The van der Waals surface area contributed by atoms with E-state index in [1.54, 1.807) is 19.9 Å². The number of carbonyl (C=O) groups excluding carboxylic acids is 2. The van der Waals surface area contributed by atoms with Gasteiger partial charge in [-0.15, -0.1) is 0 Å². The summed E-state index contributed by atoms with van der Waals surface area (Å²) in [5.41, 5.74) is -3.43. The van der Waals surface area contributed by atoms with Crippen molar-refractivity contribution in [2.45, 2.75) is 82.6 Å². The fourth-order valence-corrected chi connectivity index (χ4v) is 6.13. The van der Waals surface area contributed by atoms with Gasteiger partial charge in [-0.1, -0.05) is 45.1 Å². The molecule has 3 aliphatic rings. The van der Waals surface area contributed by atoms with Gasteiger partial charge < -0.3 is 19.0 Å². The maximum absolute atomic E-state index is 13.7. The molecule has 1 heterocycles. The third-order valence-corrected chi connectivity index (χ3v) is 12.1. The van der Waals surface area contributed by atoms with E-state index in [1.807, 2.05) is 6.08 Å². The summed E-state index contributed by atoms with van der Waals surface area (Å²) >= 11 is 0. The number of Topliss-reactive ketones (excluding diaryl/α,β-unsaturated/α-hetero) is 1. The van der Waals surface area contributed by atoms with Crippen LogP contribution in [0.15, 0.2) is 24.3 Å². The van der Waals surface area contributed by atoms with Crippen LogP contribution in [0.3, 0.4) is 0 Å². The Balaban J connectivity index is 2.22. The predicted molar refractivity (Wildman–Crippen MR) is 112 cm³/mol. The number of ether oxygens (including phenoxy) is 2. The van der Waals surface area contributed by atoms with Crippen molar-refractivity contribution in [2.24, 2.45) is 11.3 Å². The monoisotopic (exact) mass is 422 g/mol. The smallest absolute Gasteiger partial charge is 0.325 e. The molecule has 3 rings (SSSR count). The van der Waals surface area contributed by atoms with E-state index in [0.29, 0.717) is 5.57 Å². The highest BCUT2D eigenvalue weighted by Crippen LogP contribution is 2.70. The fourth-order valence-electron chi connectivity index (χ4n) is 4.88. The van der Waals surface area contributed by atoms with Gasteiger partial charge in [0.2, 0.25) is 0 Å². The second-order valence-corrected chi connectivity index (χ2v) is 15.2. The van der Waals surface area contributed by atoms with E-state index in [2.05, 4.69) is 40.4 Å². The van der Waals surface area contributed by atoms with E-state index in [-0.39, 0.29) is 17.2 Å². The van der Waals surface area contributed by atoms with Crippen LogP contribution < -0.4 is 0 Å². The summed E-state index contributed by atoms with van der Waals surface area (Å²) < 4.78 is 17.9. The summed E-state index contributed by atoms with van der Waals surface area (Å²) in [4.78, 5) is 27.0. The Hall–Kier alpha value is -1.28. The largest absolute Gasteiger partial charge is 0.468 e. The second kappa shape index (κ2) is 6.36. The van der Waals surface area contributed by atoms with Crippen LogP contribution in [-0.4, -0.2) is 55.7 Å². The average Bonchev–Trinajstić information content (AvgIpc) is 3.23. The molecule has 0 aromatic heterocycles. The van der Waals surface area contributed by atoms with Gasteiger partial charge in [-0.3, -0.25) is 9.59 Å². The summed E-state index contributed by atoms with van der Waals surface area (Å²) in [6.45, 7) is 17.9. The molecule has 1 saturated heterocycles. The standard InChI is InChI=1S/C22H34O6Si/c1-13(2)14-12-15(23)21(18(25)26-7)16(27-29(8,9)19(3,4)5)10-11-20(6)22(21,28-20)17(14)24/h10-11,14,16-17,24H,1,12H2,2-9H3/t14-,16+,17+,20-,21+,22-/m0/s1. The number of aliphatic hydroxyl groups is 1. The SMILES string of the molecule is C=C(C)[C@@H]1CC(=O)[C@]2(C(=O)OC)[C@H](O[Si](C)(C)C(C)(C)C)C=C[C@]3(C)O[C@]23[C@@H]1O. The van der Waals surface area contributed by atoms with Crippen molar-refractivity contribution in [2.75, 3.05) is 7.11 Å². The van der Waals surface area contributed by atoms with Gasteiger partial charge in [0.25, 0.3) is 0 Å². The topological polar surface area (TPSA) is 85.4 Å². The number of esters is 1. The van der Waals surface area contributed by atoms with Crippen LogP contribution in [0.1, 0.15) is 41.0 Å². The van der Waals surface area contributed by atoms with Crippen molar-refractivity contribution in [1.29, 1.82) is 0 Å². The van der Waals surface area contributed by atoms with Crippen molar-refractivity contribution < 1.29 is 28.6 Å². The number of hydrogen-bond donors (Lipinski definition) is 1. The van der Waals surface area contributed by atoms with E-state index in [1.165, 1.54) is 7.11 Å². The van der Waals surface area contributed by atoms with Crippen molar-refractivity contribution in [3.05, 3.63) is 24.3 Å². The van der Waals surface area contributed by atoms with Gasteiger partial charge >= 0.3 is 5.97 Å². The second-order valence-electron chi connectivity index (χ2n) is 10.4. The van der Waals surface area contributed by atoms with Gasteiger partial charge in [-0.25, -0.2) is 0 Å². The molecule has 7 heteroatoms. The van der Waals surface area contributed by atoms with E-state index < -0.39 is 49.0 Å². The molecule has 1 spiro atoms. The van der Waals surface area contributed by atoms with Crippen molar-refractivity contribution in [1.82, 2.24) is 0 Å². The first-order valence-corrected chi connectivity index (χ1v) is 13.1. The van der Waals surface area contributed by atoms with Crippen LogP contribution in [0.25, 0.3) is 0 Å². The molecule has 29 heavy (non-hydrogen) atoms. The lowest BCUT2D eigenvalue weighted by molar-refractivity contribution is -0.184. The first-order chi connectivity index (χ1) is 13.1. The van der Waals surface area contributed by atoms with Crippen LogP contribution in [0.2, 0.25) is 18.1 Å². The van der Waals surface area contributed by atoms with E-state index in [9.17, 15) is 14.7 Å². The minimum absolute atomic E-state index is 0.00199. The highest BCUT2D eigenvalue weighted by molar-refractivity contribution is 6.74. The third kappa shape index (κ3) is 2.63. The number of ketones is 1. The number of epoxide rings is 1. The molecule has 6 nitrogen and oxygen atoms in total. The van der Waals surface area contributed by atoms with Gasteiger partial charge in [0.1, 0.15) is 5.60 Å². The molecule has 0 amide bonds. The third-order valence-electron chi connectivity index (χ3n) is 7.68. The number of hydrogen-bond acceptors (Lipinski definition) is 6. The van der Waals surface area contributed by atoms with E-state index in [4.69, 9.17) is 13.9 Å². The molecule has 1 saturated carbocycles. The highest BCUT2D eigenvalue weighted by atomic mass is 28.4. The maximum Gasteiger partial charge on any atom is 0.325 e. The lowest BCUT2D eigenvalue weighted by Gasteiger charge is -2.52. The first kappa shape index (κ1) is 22.4. The Labute approximate surface area is 174 Å². The first-order valence-electron chi connectivity index (χ1n) is 10.1. The van der Waals surface area contributed by atoms with Gasteiger partial charge in [0.05, 0.1) is 19.3 Å². The number of rotatable bonds is 4. The molecular formula is C22H34O6Si. The van der Waals surface area contributed by atoms with Gasteiger partial charge in [0.15, 0.2) is 25.1 Å². The normalized spacial score (nSPS) is 41.4. The summed E-state index contributed by atoms with van der Waals surface area (Å²) in [7, 11) is -1.11. The Morgan fingerprint density at radius 2 is 1.97 bits per heavy atom. The molecule has 1 N–H and O–H groups in total. The van der Waals surface area contributed by atoms with Crippen LogP contribution in [0.5, 0.6) is 0 Å². The van der Waals surface area contributed by atoms with Gasteiger partial charge in [-0.2, -0.15) is 0 Å². The van der Waals surface area contributed by atoms with Crippen molar-refractivity contribution in [3.63, 3.8) is 0 Å². The molecule has 0 unspecified atom stereocenters. The summed E-state index contributed by atoms with van der Waals surface area (Å²) in [5, 5.41) is 11.2. The molecule has 6 atom stereocenters. The lowest BCUT2D eigenvalue weighted by Crippen LogP contribution is -2.72. The zero-order chi connectivity index (χ0) is 22.2. The van der Waals surface area contributed by atoms with Crippen LogP contribution in [0.4, 0.5) is 0 Å². The zero-order valence-corrected chi connectivity index (χ0v) is 19.8. The Bertz CT molecular complexity index is 796. The summed E-state index contributed by atoms with van der Waals surface area (Å²) in [6, 6.07) is 0. The van der Waals surface area contributed by atoms with Gasteiger partial charge in [0, 0.05) is 12.3 Å². The summed E-state index contributed by atoms with van der Waals surface area (Å²) in [5.74, 6) is -1.51. The molecule has 162 valence electrons. The van der Waals surface area contributed by atoms with Gasteiger partial charge in [-0.05, 0) is 32.0 Å². The predicted octanol–water partition coefficient (Wildman–Crippen LogP) is 3.16. The molecular weight excluding hydrogens is 388 g/mol. The molecule has 0 aromatic rings. The van der Waals surface area contributed by atoms with E-state index >= 15 is 0 Å². The molecule has 2 aliphatic carbocycles. The molecule has 2 fully saturated rings. The lowest BCUT2D eigenvalue weighted by atomic mass is 9.52. The maximum atomic E-state index is 13.7. The van der Waals surface area contributed by atoms with E-state index in [0.717, 1.165) is 0 Å². The molecule has 1 aliphatic heterocycles. The van der Waals surface area contributed by atoms with Crippen LogP contribution >= 0.6 is 0 Å². The Morgan fingerprint density at radius 3 is 2.45 bits per heavy atom. The van der Waals surface area contributed by atoms with Crippen LogP contribution in [0, 0.1) is 11.3 Å². The number of methoxy groups -OCH3 is 1. The van der Waals surface area contributed by atoms with Crippen molar-refractivity contribution in [3.8, 4) is 0 Å². The Kier molecular flexibility index (Phi) is 4.91. The quantitative estimate of drug-likeness (QED) is 0.246. The average molecular weight is 423 g/mol. The fraction of sp³-hybridized carbons (Fsp3) is 0.727. The highest BCUT2D eigenvalue weighted by Gasteiger charge is 2.89. The zero-order valence-electron chi connectivity index (χ0n) is 18.8. The van der Waals surface area contributed by atoms with Crippen LogP contribution in [-0.2, 0) is 23.5 Å². The Morgan fingerprint density at radius 1 is 1.38 bits per heavy atom. The minimum Gasteiger partial charge on any atom is -0.468 e.